The van der Waals surface area contributed by atoms with Crippen molar-refractivity contribution in [2.75, 3.05) is 4.90 Å². The highest BCUT2D eigenvalue weighted by Crippen LogP contribution is 2.21. The lowest BCUT2D eigenvalue weighted by Crippen LogP contribution is -2.54. The van der Waals surface area contributed by atoms with Crippen molar-refractivity contribution in [3.8, 4) is 0 Å². The minimum absolute atomic E-state index is 0.0867. The average Bonchev–Trinajstić information content (AvgIpc) is 2.65. The maximum Gasteiger partial charge on any atom is 0.335 e. The van der Waals surface area contributed by atoms with Gasteiger partial charge in [0, 0.05) is 0 Å². The first-order valence-corrected chi connectivity index (χ1v) is 8.32. The Labute approximate surface area is 151 Å². The van der Waals surface area contributed by atoms with E-state index >= 15 is 0 Å². The van der Waals surface area contributed by atoms with Gasteiger partial charge in [0.25, 0.3) is 11.8 Å². The number of carbonyl (C=O) groups excluding carboxylic acids is 3. The summed E-state index contributed by atoms with van der Waals surface area (Å²) in [5.41, 5.74) is 2.37. The lowest BCUT2D eigenvalue weighted by Gasteiger charge is -2.26. The first kappa shape index (κ1) is 17.4. The van der Waals surface area contributed by atoms with Gasteiger partial charge in [-0.3, -0.25) is 14.9 Å². The maximum atomic E-state index is 12.7. The number of amides is 4. The van der Waals surface area contributed by atoms with E-state index in [0.29, 0.717) is 5.69 Å². The maximum absolute atomic E-state index is 12.7. The highest BCUT2D eigenvalue weighted by atomic mass is 16.2. The Balaban J connectivity index is 1.87. The summed E-state index contributed by atoms with van der Waals surface area (Å²) in [7, 11) is 0. The molecule has 0 aliphatic carbocycles. The highest BCUT2D eigenvalue weighted by Gasteiger charge is 2.36. The highest BCUT2D eigenvalue weighted by molar-refractivity contribution is 6.37. The van der Waals surface area contributed by atoms with Crippen LogP contribution in [0.1, 0.15) is 18.1 Å². The molecule has 3 rings (SSSR count). The number of urea groups is 1. The first-order valence-electron chi connectivity index (χ1n) is 8.32. The van der Waals surface area contributed by atoms with Crippen LogP contribution in [0.2, 0.25) is 0 Å². The molecule has 4 amide bonds. The number of aryl methyl sites for hydroxylation is 1. The van der Waals surface area contributed by atoms with Crippen molar-refractivity contribution in [3.05, 3.63) is 83.4 Å². The Bertz CT molecular complexity index is 897. The largest absolute Gasteiger partial charge is 0.335 e. The summed E-state index contributed by atoms with van der Waals surface area (Å²) in [6.45, 7) is 2.02. The molecule has 5 nitrogen and oxygen atoms in total. The Kier molecular flexibility index (Phi) is 5.08. The third kappa shape index (κ3) is 3.62. The molecule has 0 unspecified atom stereocenters. The number of nitrogens with zero attached hydrogens (tertiary/aromatic N) is 1. The molecule has 1 aliphatic rings. The number of imide groups is 2. The molecule has 130 valence electrons. The van der Waals surface area contributed by atoms with Gasteiger partial charge in [-0.2, -0.15) is 0 Å². The molecular weight excluding hydrogens is 328 g/mol. The molecule has 26 heavy (non-hydrogen) atoms. The molecule has 1 saturated heterocycles. The Morgan fingerprint density at radius 3 is 2.31 bits per heavy atom. The van der Waals surface area contributed by atoms with E-state index < -0.39 is 17.8 Å². The van der Waals surface area contributed by atoms with Gasteiger partial charge >= 0.3 is 6.03 Å². The van der Waals surface area contributed by atoms with Crippen LogP contribution in [-0.2, 0) is 16.0 Å². The van der Waals surface area contributed by atoms with Gasteiger partial charge in [-0.15, -0.1) is 0 Å². The quantitative estimate of drug-likeness (QED) is 0.681. The van der Waals surface area contributed by atoms with Crippen molar-refractivity contribution in [3.63, 3.8) is 0 Å². The van der Waals surface area contributed by atoms with Crippen molar-refractivity contribution in [2.45, 2.75) is 13.3 Å². The molecule has 0 bridgehead atoms. The van der Waals surface area contributed by atoms with Gasteiger partial charge in [0.1, 0.15) is 5.57 Å². The van der Waals surface area contributed by atoms with Crippen LogP contribution in [0.15, 0.2) is 72.3 Å². The lowest BCUT2D eigenvalue weighted by molar-refractivity contribution is -0.122. The van der Waals surface area contributed by atoms with Gasteiger partial charge < -0.3 is 0 Å². The number of allylic oxidation sites excluding steroid dienone is 2. The topological polar surface area (TPSA) is 66.5 Å². The van der Waals surface area contributed by atoms with Crippen LogP contribution in [0.25, 0.3) is 6.08 Å². The molecule has 5 heteroatoms. The zero-order chi connectivity index (χ0) is 18.5. The van der Waals surface area contributed by atoms with Gasteiger partial charge in [0.15, 0.2) is 0 Å². The van der Waals surface area contributed by atoms with E-state index in [1.165, 1.54) is 6.08 Å². The van der Waals surface area contributed by atoms with Crippen molar-refractivity contribution in [1.82, 2.24) is 5.32 Å². The van der Waals surface area contributed by atoms with Gasteiger partial charge in [-0.05, 0) is 35.8 Å². The van der Waals surface area contributed by atoms with Gasteiger partial charge in [-0.25, -0.2) is 9.69 Å². The van der Waals surface area contributed by atoms with E-state index in [2.05, 4.69) is 5.32 Å². The van der Waals surface area contributed by atoms with Crippen LogP contribution in [0.5, 0.6) is 0 Å². The average molecular weight is 346 g/mol. The number of hydrogen-bond donors (Lipinski definition) is 1. The molecule has 0 spiro atoms. The Morgan fingerprint density at radius 2 is 1.65 bits per heavy atom. The minimum Gasteiger partial charge on any atom is -0.273 e. The number of benzene rings is 2. The molecule has 1 aliphatic heterocycles. The van der Waals surface area contributed by atoms with Crippen molar-refractivity contribution < 1.29 is 14.4 Å². The standard InChI is InChI=1S/C21H18N2O3/c1-2-15-11-13-17(14-12-15)23-20(25)18(19(24)22-21(23)26)10-6-9-16-7-4-3-5-8-16/h3-14H,2H2,1H3,(H,22,24,26). The molecule has 0 radical (unpaired) electrons. The SMILES string of the molecule is CCc1ccc(N2C(=O)NC(=O)C(=CC=Cc3ccccc3)C2=O)cc1. The van der Waals surface area contributed by atoms with E-state index in [9.17, 15) is 14.4 Å². The van der Waals surface area contributed by atoms with Gasteiger partial charge in [0.05, 0.1) is 5.69 Å². The summed E-state index contributed by atoms with van der Waals surface area (Å²) in [5, 5.41) is 2.21. The van der Waals surface area contributed by atoms with Crippen LogP contribution in [0.3, 0.4) is 0 Å². The molecule has 0 aromatic heterocycles. The zero-order valence-corrected chi connectivity index (χ0v) is 14.3. The number of rotatable bonds is 4. The van der Waals surface area contributed by atoms with Crippen molar-refractivity contribution in [1.29, 1.82) is 0 Å². The first-order chi connectivity index (χ1) is 12.6. The van der Waals surface area contributed by atoms with Crippen molar-refractivity contribution >= 4 is 29.6 Å². The van der Waals surface area contributed by atoms with E-state index in [4.69, 9.17) is 0 Å². The minimum atomic E-state index is -0.742. The summed E-state index contributed by atoms with van der Waals surface area (Å²) in [6.07, 6.45) is 5.68. The summed E-state index contributed by atoms with van der Waals surface area (Å²) < 4.78 is 0. The van der Waals surface area contributed by atoms with Crippen LogP contribution in [0, 0.1) is 0 Å². The van der Waals surface area contributed by atoms with Crippen LogP contribution < -0.4 is 10.2 Å². The van der Waals surface area contributed by atoms with E-state index in [-0.39, 0.29) is 5.57 Å². The predicted molar refractivity (Wildman–Crippen MR) is 100 cm³/mol. The Morgan fingerprint density at radius 1 is 0.962 bits per heavy atom. The van der Waals surface area contributed by atoms with E-state index in [1.807, 2.05) is 49.4 Å². The molecule has 1 heterocycles. The molecule has 1 N–H and O–H groups in total. The number of barbiturate groups is 1. The number of carbonyl (C=O) groups is 3. The van der Waals surface area contributed by atoms with Gasteiger partial charge in [-0.1, -0.05) is 61.5 Å². The fraction of sp³-hybridized carbons (Fsp3) is 0.0952. The molecule has 2 aromatic rings. The zero-order valence-electron chi connectivity index (χ0n) is 14.3. The summed E-state index contributed by atoms with van der Waals surface area (Å²) in [6, 6.07) is 15.9. The normalized spacial score (nSPS) is 16.4. The second-order valence-electron chi connectivity index (χ2n) is 5.77. The number of nitrogens with one attached hydrogen (secondary N) is 1. The number of anilines is 1. The number of hydrogen-bond acceptors (Lipinski definition) is 3. The second kappa shape index (κ2) is 7.61. The molecule has 1 fully saturated rings. The molecule has 0 atom stereocenters. The Hall–Kier alpha value is -3.47. The van der Waals surface area contributed by atoms with Gasteiger partial charge in [0.2, 0.25) is 0 Å². The van der Waals surface area contributed by atoms with E-state index in [1.54, 1.807) is 24.3 Å². The van der Waals surface area contributed by atoms with E-state index in [0.717, 1.165) is 22.4 Å². The monoisotopic (exact) mass is 346 g/mol. The summed E-state index contributed by atoms with van der Waals surface area (Å²) in [5.74, 6) is -1.33. The molecule has 2 aromatic carbocycles. The fourth-order valence-corrected chi connectivity index (χ4v) is 2.61. The lowest BCUT2D eigenvalue weighted by atomic mass is 10.1. The third-order valence-electron chi connectivity index (χ3n) is 4.06. The predicted octanol–water partition coefficient (Wildman–Crippen LogP) is 3.47. The van der Waals surface area contributed by atoms with Crippen molar-refractivity contribution in [2.24, 2.45) is 0 Å². The summed E-state index contributed by atoms with van der Waals surface area (Å²) in [4.78, 5) is 37.9. The fourth-order valence-electron chi connectivity index (χ4n) is 2.61. The summed E-state index contributed by atoms with van der Waals surface area (Å²) >= 11 is 0. The molecule has 0 saturated carbocycles. The van der Waals surface area contributed by atoms with Crippen LogP contribution in [-0.4, -0.2) is 17.8 Å². The second-order valence-corrected chi connectivity index (χ2v) is 5.77. The molecular formula is C21H18N2O3. The van der Waals surface area contributed by atoms with Crippen LogP contribution in [0.4, 0.5) is 10.5 Å². The smallest absolute Gasteiger partial charge is 0.273 e. The third-order valence-corrected chi connectivity index (χ3v) is 4.06. The van der Waals surface area contributed by atoms with Crippen LogP contribution >= 0.6 is 0 Å².